The van der Waals surface area contributed by atoms with Crippen LogP contribution < -0.4 is 5.32 Å². The number of hydrogen-bond acceptors (Lipinski definition) is 7. The second-order valence-electron chi connectivity index (χ2n) is 5.91. The molecule has 1 fully saturated rings. The summed E-state index contributed by atoms with van der Waals surface area (Å²) in [5.41, 5.74) is 0.926. The number of carbonyl (C=O) groups is 4. The molecular formula is C16H12N4O5. The van der Waals surface area contributed by atoms with Gasteiger partial charge in [-0.15, -0.1) is 0 Å². The molecule has 0 saturated carbocycles. The fourth-order valence-corrected chi connectivity index (χ4v) is 3.20. The monoisotopic (exact) mass is 340 g/mol. The number of benzene rings is 1. The van der Waals surface area contributed by atoms with E-state index in [-0.39, 0.29) is 29.7 Å². The van der Waals surface area contributed by atoms with Gasteiger partial charge in [0.15, 0.2) is 0 Å². The fourth-order valence-electron chi connectivity index (χ4n) is 3.20. The van der Waals surface area contributed by atoms with Crippen LogP contribution in [-0.2, 0) is 9.59 Å². The highest BCUT2D eigenvalue weighted by molar-refractivity contribution is 6.25. The Bertz CT molecular complexity index is 917. The molecule has 3 aliphatic heterocycles. The van der Waals surface area contributed by atoms with Crippen molar-refractivity contribution in [3.8, 4) is 5.75 Å². The van der Waals surface area contributed by atoms with Gasteiger partial charge in [-0.1, -0.05) is 0 Å². The Hall–Kier alpha value is -3.36. The molecule has 1 saturated heterocycles. The van der Waals surface area contributed by atoms with E-state index in [1.165, 1.54) is 12.1 Å². The zero-order valence-electron chi connectivity index (χ0n) is 12.9. The highest BCUT2D eigenvalue weighted by Crippen LogP contribution is 2.34. The number of fused-ring (bicyclic) bond motifs is 1. The van der Waals surface area contributed by atoms with Crippen molar-refractivity contribution in [1.82, 2.24) is 10.2 Å². The summed E-state index contributed by atoms with van der Waals surface area (Å²) in [5, 5.41) is 20.0. The molecule has 1 aromatic carbocycles. The van der Waals surface area contributed by atoms with Crippen LogP contribution in [0.1, 0.15) is 45.5 Å². The lowest BCUT2D eigenvalue weighted by Crippen LogP contribution is -2.54. The van der Waals surface area contributed by atoms with Crippen molar-refractivity contribution in [1.29, 1.82) is 0 Å². The molecule has 0 aromatic heterocycles. The lowest BCUT2D eigenvalue weighted by atomic mass is 10.0. The van der Waals surface area contributed by atoms with Crippen molar-refractivity contribution >= 4 is 35.6 Å². The molecule has 0 radical (unpaired) electrons. The van der Waals surface area contributed by atoms with Crippen LogP contribution in [0.25, 0.3) is 0 Å². The zero-order valence-corrected chi connectivity index (χ0v) is 12.9. The quantitative estimate of drug-likeness (QED) is 0.731. The van der Waals surface area contributed by atoms with E-state index >= 15 is 0 Å². The van der Waals surface area contributed by atoms with Crippen molar-refractivity contribution in [2.24, 2.45) is 10.2 Å². The number of carbonyl (C=O) groups excluding carboxylic acids is 4. The number of nitrogens with one attached hydrogen (secondary N) is 1. The van der Waals surface area contributed by atoms with Gasteiger partial charge in [-0.2, -0.15) is 10.2 Å². The molecule has 0 bridgehead atoms. The minimum absolute atomic E-state index is 0.0132. The lowest BCUT2D eigenvalue weighted by Gasteiger charge is -2.27. The van der Waals surface area contributed by atoms with Crippen LogP contribution in [0.5, 0.6) is 5.75 Å². The van der Waals surface area contributed by atoms with Gasteiger partial charge in [0.2, 0.25) is 11.8 Å². The van der Waals surface area contributed by atoms with Crippen molar-refractivity contribution in [2.75, 3.05) is 0 Å². The molecule has 2 N–H and O–H groups in total. The first-order valence-corrected chi connectivity index (χ1v) is 7.64. The van der Waals surface area contributed by atoms with Crippen molar-refractivity contribution in [3.05, 3.63) is 28.8 Å². The molecule has 25 heavy (non-hydrogen) atoms. The molecule has 4 rings (SSSR count). The van der Waals surface area contributed by atoms with Gasteiger partial charge >= 0.3 is 0 Å². The summed E-state index contributed by atoms with van der Waals surface area (Å²) >= 11 is 0. The van der Waals surface area contributed by atoms with Crippen molar-refractivity contribution < 1.29 is 24.3 Å². The molecule has 0 spiro atoms. The Morgan fingerprint density at radius 2 is 1.96 bits per heavy atom. The van der Waals surface area contributed by atoms with Gasteiger partial charge in [-0.3, -0.25) is 29.4 Å². The van der Waals surface area contributed by atoms with Crippen LogP contribution in [-0.4, -0.2) is 51.6 Å². The van der Waals surface area contributed by atoms with E-state index in [0.717, 1.165) is 4.90 Å². The Morgan fingerprint density at radius 1 is 1.16 bits per heavy atom. The largest absolute Gasteiger partial charge is 0.507 e. The summed E-state index contributed by atoms with van der Waals surface area (Å²) in [6.45, 7) is 0. The maximum atomic E-state index is 12.7. The summed E-state index contributed by atoms with van der Waals surface area (Å²) in [7, 11) is 0. The lowest BCUT2D eigenvalue weighted by molar-refractivity contribution is -0.136. The third kappa shape index (κ3) is 2.24. The normalized spacial score (nSPS) is 22.3. The average Bonchev–Trinajstić information content (AvgIpc) is 3.17. The summed E-state index contributed by atoms with van der Waals surface area (Å²) in [6, 6.07) is 1.75. The smallest absolute Gasteiger partial charge is 0.266 e. The Balaban J connectivity index is 1.73. The van der Waals surface area contributed by atoms with Crippen LogP contribution in [0, 0.1) is 0 Å². The fraction of sp³-hybridized carbons (Fsp3) is 0.250. The van der Waals surface area contributed by atoms with Crippen LogP contribution in [0.4, 0.5) is 0 Å². The van der Waals surface area contributed by atoms with Gasteiger partial charge in [0.1, 0.15) is 11.8 Å². The summed E-state index contributed by atoms with van der Waals surface area (Å²) in [4.78, 5) is 49.4. The van der Waals surface area contributed by atoms with E-state index in [4.69, 9.17) is 0 Å². The topological polar surface area (TPSA) is 128 Å². The molecular weight excluding hydrogens is 328 g/mol. The second kappa shape index (κ2) is 5.33. The number of piperidine rings is 1. The van der Waals surface area contributed by atoms with Gasteiger partial charge in [0.25, 0.3) is 11.8 Å². The Labute approximate surface area is 141 Å². The molecule has 9 nitrogen and oxygen atoms in total. The number of nitrogens with zero attached hydrogens (tertiary/aromatic N) is 3. The van der Waals surface area contributed by atoms with Crippen LogP contribution in [0.15, 0.2) is 22.3 Å². The molecule has 0 aliphatic carbocycles. The van der Waals surface area contributed by atoms with E-state index in [1.807, 2.05) is 0 Å². The standard InChI is InChI=1S/C16H12N4O5/c21-11-6-7(9-3-4-17-19-9)5-8-13(11)16(25)20(15(8)24)10-1-2-12(22)18-14(10)23/h4-6,10,21H,1-3H2,(H,18,22,23). The number of phenols is 1. The summed E-state index contributed by atoms with van der Waals surface area (Å²) in [6.07, 6.45) is 2.14. The van der Waals surface area contributed by atoms with Gasteiger partial charge in [0, 0.05) is 24.6 Å². The predicted molar refractivity (Wildman–Crippen MR) is 84.4 cm³/mol. The maximum Gasteiger partial charge on any atom is 0.266 e. The van der Waals surface area contributed by atoms with Gasteiger partial charge < -0.3 is 5.11 Å². The van der Waals surface area contributed by atoms with E-state index in [9.17, 15) is 24.3 Å². The Kier molecular flexibility index (Phi) is 3.24. The number of hydrogen-bond donors (Lipinski definition) is 2. The van der Waals surface area contributed by atoms with E-state index < -0.39 is 29.7 Å². The second-order valence-corrected chi connectivity index (χ2v) is 5.91. The molecule has 1 atom stereocenters. The van der Waals surface area contributed by atoms with Gasteiger partial charge in [-0.05, 0) is 18.6 Å². The SMILES string of the molecule is O=C1CCC(N2C(=O)c3cc(C4=NN=CC4)cc(O)c3C2=O)C(=O)N1. The first-order valence-electron chi connectivity index (χ1n) is 7.64. The van der Waals surface area contributed by atoms with E-state index in [1.54, 1.807) is 6.21 Å². The average molecular weight is 340 g/mol. The molecule has 1 aromatic rings. The van der Waals surface area contributed by atoms with Crippen LogP contribution in [0.3, 0.4) is 0 Å². The van der Waals surface area contributed by atoms with Gasteiger partial charge in [-0.25, -0.2) is 0 Å². The number of phenolic OH excluding ortho intramolecular Hbond substituents is 1. The predicted octanol–water partition coefficient (Wildman–Crippen LogP) is -0.0280. The van der Waals surface area contributed by atoms with Crippen molar-refractivity contribution in [3.63, 3.8) is 0 Å². The maximum absolute atomic E-state index is 12.7. The number of amides is 4. The van der Waals surface area contributed by atoms with Gasteiger partial charge in [0.05, 0.1) is 16.8 Å². The zero-order chi connectivity index (χ0) is 17.7. The van der Waals surface area contributed by atoms with Crippen molar-refractivity contribution in [2.45, 2.75) is 25.3 Å². The summed E-state index contributed by atoms with van der Waals surface area (Å²) in [5.74, 6) is -2.91. The molecule has 4 amide bonds. The molecule has 9 heteroatoms. The first-order chi connectivity index (χ1) is 12.0. The molecule has 1 unspecified atom stereocenters. The molecule has 126 valence electrons. The number of aromatic hydroxyl groups is 1. The summed E-state index contributed by atoms with van der Waals surface area (Å²) < 4.78 is 0. The molecule has 3 aliphatic rings. The number of imide groups is 2. The minimum atomic E-state index is -1.07. The van der Waals surface area contributed by atoms with E-state index in [0.29, 0.717) is 17.7 Å². The first kappa shape index (κ1) is 15.2. The van der Waals surface area contributed by atoms with Crippen LogP contribution >= 0.6 is 0 Å². The highest BCUT2D eigenvalue weighted by atomic mass is 16.3. The van der Waals surface area contributed by atoms with E-state index in [2.05, 4.69) is 15.5 Å². The third-order valence-corrected chi connectivity index (χ3v) is 4.40. The van der Waals surface area contributed by atoms with Crippen LogP contribution in [0.2, 0.25) is 0 Å². The Morgan fingerprint density at radius 3 is 2.64 bits per heavy atom. The third-order valence-electron chi connectivity index (χ3n) is 4.40. The molecule has 3 heterocycles. The highest BCUT2D eigenvalue weighted by Gasteiger charge is 2.46. The minimum Gasteiger partial charge on any atom is -0.507 e. The number of rotatable bonds is 2.